The molecule has 0 unspecified atom stereocenters. The number of nitriles is 1. The van der Waals surface area contributed by atoms with E-state index in [1.807, 2.05) is 24.3 Å². The summed E-state index contributed by atoms with van der Waals surface area (Å²) in [5, 5.41) is 21.1. The summed E-state index contributed by atoms with van der Waals surface area (Å²) in [5.41, 5.74) is 7.92. The molecule has 0 aliphatic heterocycles. The molecule has 0 amide bonds. The molecular formula is C16H9IN4O2. The quantitative estimate of drug-likeness (QED) is 0.388. The van der Waals surface area contributed by atoms with Crippen LogP contribution in [-0.2, 0) is 0 Å². The normalized spacial score (nSPS) is 10.4. The van der Waals surface area contributed by atoms with Crippen molar-refractivity contribution in [3.8, 4) is 17.2 Å². The number of hydrogen-bond acceptors (Lipinski definition) is 5. The summed E-state index contributed by atoms with van der Waals surface area (Å²) in [6, 6.07) is 13.9. The number of anilines is 1. The highest BCUT2D eigenvalue weighted by Crippen LogP contribution is 2.35. The van der Waals surface area contributed by atoms with Gasteiger partial charge in [-0.1, -0.05) is 12.1 Å². The van der Waals surface area contributed by atoms with Crippen molar-refractivity contribution in [2.75, 3.05) is 5.73 Å². The molecule has 1 heterocycles. The average molecular weight is 416 g/mol. The van der Waals surface area contributed by atoms with E-state index in [0.717, 1.165) is 9.13 Å². The molecule has 2 N–H and O–H groups in total. The van der Waals surface area contributed by atoms with Crippen LogP contribution in [0.5, 0.6) is 0 Å². The van der Waals surface area contributed by atoms with Crippen molar-refractivity contribution >= 4 is 45.0 Å². The van der Waals surface area contributed by atoms with Gasteiger partial charge in [-0.15, -0.1) is 0 Å². The number of hydrogen-bond donors (Lipinski definition) is 1. The van der Waals surface area contributed by atoms with Crippen LogP contribution < -0.4 is 5.73 Å². The summed E-state index contributed by atoms with van der Waals surface area (Å²) in [4.78, 5) is 14.8. The standard InChI is InChI=1S/C16H9IN4O2/c17-10-3-1-2-9(6-10)15-12-7-11(21(22)23)4-5-14(12)20-16(19)13(15)8-18/h1-7H,(H2,19,20). The molecule has 0 atom stereocenters. The van der Waals surface area contributed by atoms with E-state index in [2.05, 4.69) is 33.6 Å². The molecule has 0 aliphatic carbocycles. The molecule has 3 aromatic rings. The molecule has 112 valence electrons. The Morgan fingerprint density at radius 1 is 1.26 bits per heavy atom. The molecule has 0 saturated carbocycles. The van der Waals surface area contributed by atoms with Gasteiger partial charge in [0.2, 0.25) is 0 Å². The lowest BCUT2D eigenvalue weighted by atomic mass is 9.96. The minimum Gasteiger partial charge on any atom is -0.383 e. The Kier molecular flexibility index (Phi) is 3.83. The van der Waals surface area contributed by atoms with E-state index < -0.39 is 4.92 Å². The van der Waals surface area contributed by atoms with Gasteiger partial charge in [0.25, 0.3) is 5.69 Å². The lowest BCUT2D eigenvalue weighted by Gasteiger charge is -2.11. The first kappa shape index (κ1) is 15.2. The predicted octanol–water partition coefficient (Wildman–Crippen LogP) is 3.87. The van der Waals surface area contributed by atoms with E-state index in [4.69, 9.17) is 5.73 Å². The topological polar surface area (TPSA) is 106 Å². The van der Waals surface area contributed by atoms with E-state index in [0.29, 0.717) is 16.5 Å². The highest BCUT2D eigenvalue weighted by Gasteiger charge is 2.18. The van der Waals surface area contributed by atoms with Crippen molar-refractivity contribution in [3.05, 3.63) is 61.7 Å². The van der Waals surface area contributed by atoms with Crippen molar-refractivity contribution in [2.24, 2.45) is 0 Å². The molecule has 0 spiro atoms. The van der Waals surface area contributed by atoms with Gasteiger partial charge < -0.3 is 5.73 Å². The number of halogens is 1. The molecule has 0 saturated heterocycles. The highest BCUT2D eigenvalue weighted by atomic mass is 127. The van der Waals surface area contributed by atoms with Gasteiger partial charge in [0, 0.05) is 26.7 Å². The van der Waals surface area contributed by atoms with Crippen LogP contribution in [0.4, 0.5) is 11.5 Å². The van der Waals surface area contributed by atoms with Crippen LogP contribution in [-0.4, -0.2) is 9.91 Å². The zero-order valence-electron chi connectivity index (χ0n) is 11.7. The first-order valence-electron chi connectivity index (χ1n) is 6.55. The van der Waals surface area contributed by atoms with Crippen LogP contribution in [0.2, 0.25) is 0 Å². The number of rotatable bonds is 2. The summed E-state index contributed by atoms with van der Waals surface area (Å²) >= 11 is 2.17. The van der Waals surface area contributed by atoms with Crippen LogP contribution in [0, 0.1) is 25.0 Å². The van der Waals surface area contributed by atoms with E-state index in [9.17, 15) is 15.4 Å². The lowest BCUT2D eigenvalue weighted by molar-refractivity contribution is -0.384. The SMILES string of the molecule is N#Cc1c(N)nc2ccc([N+](=O)[O-])cc2c1-c1cccc(I)c1. The third kappa shape index (κ3) is 2.68. The van der Waals surface area contributed by atoms with Gasteiger partial charge in [-0.05, 0) is 46.4 Å². The Bertz CT molecular complexity index is 995. The monoisotopic (exact) mass is 416 g/mol. The largest absolute Gasteiger partial charge is 0.383 e. The van der Waals surface area contributed by atoms with Gasteiger partial charge >= 0.3 is 0 Å². The van der Waals surface area contributed by atoms with Gasteiger partial charge in [-0.25, -0.2) is 4.98 Å². The summed E-state index contributed by atoms with van der Waals surface area (Å²) in [6.45, 7) is 0. The molecule has 23 heavy (non-hydrogen) atoms. The summed E-state index contributed by atoms with van der Waals surface area (Å²) in [5.74, 6) is 0.114. The molecule has 7 heteroatoms. The number of nitrogens with zero attached hydrogens (tertiary/aromatic N) is 3. The zero-order valence-corrected chi connectivity index (χ0v) is 13.8. The zero-order chi connectivity index (χ0) is 16.6. The molecule has 1 aromatic heterocycles. The maximum absolute atomic E-state index is 11.1. The number of nitrogen functional groups attached to an aromatic ring is 1. The number of nitro groups is 1. The second-order valence-electron chi connectivity index (χ2n) is 4.83. The number of fused-ring (bicyclic) bond motifs is 1. The first-order chi connectivity index (χ1) is 11.0. The Hall–Kier alpha value is -2.73. The van der Waals surface area contributed by atoms with Gasteiger partial charge in [0.1, 0.15) is 17.5 Å². The molecule has 3 rings (SSSR count). The van der Waals surface area contributed by atoms with E-state index >= 15 is 0 Å². The number of aromatic nitrogens is 1. The molecule has 2 aromatic carbocycles. The van der Waals surface area contributed by atoms with Crippen LogP contribution in [0.1, 0.15) is 5.56 Å². The number of benzene rings is 2. The van der Waals surface area contributed by atoms with E-state index in [-0.39, 0.29) is 17.1 Å². The average Bonchev–Trinajstić information content (AvgIpc) is 2.53. The van der Waals surface area contributed by atoms with E-state index in [1.54, 1.807) is 6.07 Å². The third-order valence-electron chi connectivity index (χ3n) is 3.43. The van der Waals surface area contributed by atoms with Gasteiger partial charge in [-0.2, -0.15) is 5.26 Å². The molecule has 0 radical (unpaired) electrons. The van der Waals surface area contributed by atoms with Crippen molar-refractivity contribution in [1.29, 1.82) is 5.26 Å². The molecule has 6 nitrogen and oxygen atoms in total. The third-order valence-corrected chi connectivity index (χ3v) is 4.10. The summed E-state index contributed by atoms with van der Waals surface area (Å²) in [6.07, 6.45) is 0. The fourth-order valence-electron chi connectivity index (χ4n) is 2.44. The van der Waals surface area contributed by atoms with Crippen LogP contribution >= 0.6 is 22.6 Å². The Morgan fingerprint density at radius 3 is 2.70 bits per heavy atom. The number of non-ortho nitro benzene ring substituents is 1. The first-order valence-corrected chi connectivity index (χ1v) is 7.63. The summed E-state index contributed by atoms with van der Waals surface area (Å²) in [7, 11) is 0. The molecule has 0 bridgehead atoms. The predicted molar refractivity (Wildman–Crippen MR) is 95.7 cm³/mol. The highest BCUT2D eigenvalue weighted by molar-refractivity contribution is 14.1. The fourth-order valence-corrected chi connectivity index (χ4v) is 2.98. The van der Waals surface area contributed by atoms with Crippen LogP contribution in [0.15, 0.2) is 42.5 Å². The Labute approximate surface area is 144 Å². The maximum atomic E-state index is 11.1. The van der Waals surface area contributed by atoms with Gasteiger partial charge in [0.05, 0.1) is 10.4 Å². The van der Waals surface area contributed by atoms with Crippen molar-refractivity contribution in [1.82, 2.24) is 4.98 Å². The Balaban J connectivity index is 2.47. The molecular weight excluding hydrogens is 407 g/mol. The van der Waals surface area contributed by atoms with Crippen molar-refractivity contribution < 1.29 is 4.92 Å². The number of pyridine rings is 1. The molecule has 0 fully saturated rings. The Morgan fingerprint density at radius 2 is 2.04 bits per heavy atom. The maximum Gasteiger partial charge on any atom is 0.270 e. The van der Waals surface area contributed by atoms with Crippen LogP contribution in [0.3, 0.4) is 0 Å². The summed E-state index contributed by atoms with van der Waals surface area (Å²) < 4.78 is 0.984. The van der Waals surface area contributed by atoms with Crippen LogP contribution in [0.25, 0.3) is 22.0 Å². The number of nitro benzene ring substituents is 1. The minimum atomic E-state index is -0.472. The second-order valence-corrected chi connectivity index (χ2v) is 6.07. The fraction of sp³-hybridized carbons (Fsp3) is 0. The smallest absolute Gasteiger partial charge is 0.270 e. The van der Waals surface area contributed by atoms with Crippen molar-refractivity contribution in [2.45, 2.75) is 0 Å². The minimum absolute atomic E-state index is 0.0557. The molecule has 0 aliphatic rings. The lowest BCUT2D eigenvalue weighted by Crippen LogP contribution is -2.00. The van der Waals surface area contributed by atoms with E-state index in [1.165, 1.54) is 12.1 Å². The second kappa shape index (κ2) is 5.81. The van der Waals surface area contributed by atoms with Gasteiger partial charge in [0.15, 0.2) is 0 Å². The van der Waals surface area contributed by atoms with Gasteiger partial charge in [-0.3, -0.25) is 10.1 Å². The van der Waals surface area contributed by atoms with Crippen molar-refractivity contribution in [3.63, 3.8) is 0 Å². The number of nitrogens with two attached hydrogens (primary N) is 1.